The average Bonchev–Trinajstić information content (AvgIpc) is 2.40. The zero-order valence-electron chi connectivity index (χ0n) is 10.1. The molecule has 92 valence electrons. The second kappa shape index (κ2) is 5.47. The van der Waals surface area contributed by atoms with E-state index in [1.165, 1.54) is 0 Å². The lowest BCUT2D eigenvalue weighted by molar-refractivity contribution is 0.378. The zero-order valence-corrected chi connectivity index (χ0v) is 10.1. The van der Waals surface area contributed by atoms with Gasteiger partial charge in [0, 0.05) is 45.1 Å². The summed E-state index contributed by atoms with van der Waals surface area (Å²) >= 11 is 0. The summed E-state index contributed by atoms with van der Waals surface area (Å²) in [7, 11) is 0. The number of piperazine rings is 1. The van der Waals surface area contributed by atoms with E-state index in [0.717, 1.165) is 38.7 Å². The molecule has 1 fully saturated rings. The molecule has 1 aliphatic rings. The standard InChI is InChI=1S/C11H18N6/c1-2-13-10(12)16-6-8-17(9-7-16)11-14-4-3-5-15-11/h3-5H,2,6-9H2,1H3,(H2,12,13). The summed E-state index contributed by atoms with van der Waals surface area (Å²) < 4.78 is 0. The Labute approximate surface area is 101 Å². The second-order valence-corrected chi connectivity index (χ2v) is 3.86. The van der Waals surface area contributed by atoms with Crippen LogP contribution in [0.3, 0.4) is 0 Å². The summed E-state index contributed by atoms with van der Waals surface area (Å²) in [6, 6.07) is 1.83. The predicted molar refractivity (Wildman–Crippen MR) is 68.0 cm³/mol. The molecule has 1 aromatic rings. The molecule has 2 N–H and O–H groups in total. The van der Waals surface area contributed by atoms with Gasteiger partial charge in [-0.15, -0.1) is 0 Å². The minimum absolute atomic E-state index is 0.640. The lowest BCUT2D eigenvalue weighted by atomic mass is 10.3. The maximum Gasteiger partial charge on any atom is 0.225 e. The van der Waals surface area contributed by atoms with Crippen LogP contribution in [0.15, 0.2) is 23.5 Å². The topological polar surface area (TPSA) is 70.6 Å². The van der Waals surface area contributed by atoms with Gasteiger partial charge >= 0.3 is 0 Å². The van der Waals surface area contributed by atoms with Gasteiger partial charge in [0.05, 0.1) is 0 Å². The van der Waals surface area contributed by atoms with Crippen molar-refractivity contribution < 1.29 is 0 Å². The highest BCUT2D eigenvalue weighted by atomic mass is 15.3. The van der Waals surface area contributed by atoms with E-state index in [2.05, 4.69) is 24.8 Å². The van der Waals surface area contributed by atoms with Crippen molar-refractivity contribution in [2.45, 2.75) is 6.92 Å². The number of hydrogen-bond donors (Lipinski definition) is 1. The van der Waals surface area contributed by atoms with E-state index in [1.54, 1.807) is 12.4 Å². The molecular weight excluding hydrogens is 216 g/mol. The highest BCUT2D eigenvalue weighted by Crippen LogP contribution is 2.09. The largest absolute Gasteiger partial charge is 0.370 e. The second-order valence-electron chi connectivity index (χ2n) is 3.86. The van der Waals surface area contributed by atoms with Crippen LogP contribution in [-0.2, 0) is 0 Å². The molecule has 0 unspecified atom stereocenters. The van der Waals surface area contributed by atoms with Crippen LogP contribution in [0.1, 0.15) is 6.92 Å². The molecule has 0 aliphatic carbocycles. The van der Waals surface area contributed by atoms with Crippen molar-refractivity contribution in [1.29, 1.82) is 0 Å². The van der Waals surface area contributed by atoms with Crippen LogP contribution in [0.4, 0.5) is 5.95 Å². The SMILES string of the molecule is CCN=C(N)N1CCN(c2ncccn2)CC1. The van der Waals surface area contributed by atoms with Crippen LogP contribution in [0.5, 0.6) is 0 Å². The van der Waals surface area contributed by atoms with Gasteiger partial charge in [-0.25, -0.2) is 9.97 Å². The predicted octanol–water partition coefficient (Wildman–Crippen LogP) is -0.0668. The number of aliphatic imine (C=N–C) groups is 1. The van der Waals surface area contributed by atoms with Crippen molar-refractivity contribution in [2.24, 2.45) is 10.7 Å². The van der Waals surface area contributed by atoms with Gasteiger partial charge in [-0.2, -0.15) is 0 Å². The highest BCUT2D eigenvalue weighted by Gasteiger charge is 2.19. The van der Waals surface area contributed by atoms with Gasteiger partial charge in [0.25, 0.3) is 0 Å². The number of guanidine groups is 1. The number of anilines is 1. The fourth-order valence-electron chi connectivity index (χ4n) is 1.85. The Morgan fingerprint density at radius 2 is 1.94 bits per heavy atom. The summed E-state index contributed by atoms with van der Waals surface area (Å²) in [6.45, 7) is 6.21. The molecule has 0 atom stereocenters. The minimum atomic E-state index is 0.640. The number of rotatable bonds is 2. The average molecular weight is 234 g/mol. The van der Waals surface area contributed by atoms with Gasteiger partial charge in [-0.05, 0) is 13.0 Å². The fourth-order valence-corrected chi connectivity index (χ4v) is 1.85. The quantitative estimate of drug-likeness (QED) is 0.573. The molecule has 6 nitrogen and oxygen atoms in total. The first-order chi connectivity index (χ1) is 8.31. The normalized spacial score (nSPS) is 17.4. The van der Waals surface area contributed by atoms with Gasteiger partial charge < -0.3 is 15.5 Å². The van der Waals surface area contributed by atoms with Gasteiger partial charge in [0.15, 0.2) is 5.96 Å². The van der Waals surface area contributed by atoms with Crippen LogP contribution < -0.4 is 10.6 Å². The van der Waals surface area contributed by atoms with E-state index in [4.69, 9.17) is 5.73 Å². The van der Waals surface area contributed by atoms with Crippen LogP contribution >= 0.6 is 0 Å². The van der Waals surface area contributed by atoms with Crippen molar-refractivity contribution in [3.8, 4) is 0 Å². The molecule has 0 radical (unpaired) electrons. The molecule has 0 spiro atoms. The molecule has 2 rings (SSSR count). The molecule has 2 heterocycles. The Hall–Kier alpha value is -1.85. The van der Waals surface area contributed by atoms with E-state index in [9.17, 15) is 0 Å². The maximum atomic E-state index is 5.87. The molecule has 0 bridgehead atoms. The van der Waals surface area contributed by atoms with E-state index in [0.29, 0.717) is 5.96 Å². The third kappa shape index (κ3) is 2.83. The minimum Gasteiger partial charge on any atom is -0.370 e. The molecule has 0 aromatic carbocycles. The van der Waals surface area contributed by atoms with Gasteiger partial charge in [0.1, 0.15) is 0 Å². The lowest BCUT2D eigenvalue weighted by Gasteiger charge is -2.35. The Balaban J connectivity index is 1.93. The van der Waals surface area contributed by atoms with Crippen molar-refractivity contribution in [1.82, 2.24) is 14.9 Å². The first-order valence-corrected chi connectivity index (χ1v) is 5.88. The Morgan fingerprint density at radius 3 is 2.53 bits per heavy atom. The number of nitrogens with two attached hydrogens (primary N) is 1. The van der Waals surface area contributed by atoms with Crippen molar-refractivity contribution in [3.63, 3.8) is 0 Å². The van der Waals surface area contributed by atoms with Gasteiger partial charge in [-0.3, -0.25) is 4.99 Å². The van der Waals surface area contributed by atoms with Gasteiger partial charge in [0.2, 0.25) is 5.95 Å². The monoisotopic (exact) mass is 234 g/mol. The fraction of sp³-hybridized carbons (Fsp3) is 0.545. The number of hydrogen-bond acceptors (Lipinski definition) is 4. The summed E-state index contributed by atoms with van der Waals surface area (Å²) in [5, 5.41) is 0. The molecule has 1 aromatic heterocycles. The molecule has 17 heavy (non-hydrogen) atoms. The van der Waals surface area contributed by atoms with Crippen molar-refractivity contribution >= 4 is 11.9 Å². The first kappa shape index (κ1) is 11.6. The smallest absolute Gasteiger partial charge is 0.225 e. The first-order valence-electron chi connectivity index (χ1n) is 5.88. The maximum absolute atomic E-state index is 5.87. The summed E-state index contributed by atoms with van der Waals surface area (Å²) in [5.74, 6) is 1.43. The van der Waals surface area contributed by atoms with E-state index in [1.807, 2.05) is 13.0 Å². The van der Waals surface area contributed by atoms with Crippen molar-refractivity contribution in [2.75, 3.05) is 37.6 Å². The lowest BCUT2D eigenvalue weighted by Crippen LogP contribution is -2.51. The zero-order chi connectivity index (χ0) is 12.1. The van der Waals surface area contributed by atoms with E-state index in [-0.39, 0.29) is 0 Å². The molecule has 1 aliphatic heterocycles. The highest BCUT2D eigenvalue weighted by molar-refractivity contribution is 5.78. The van der Waals surface area contributed by atoms with Crippen LogP contribution in [0.2, 0.25) is 0 Å². The Kier molecular flexibility index (Phi) is 3.74. The van der Waals surface area contributed by atoms with Crippen molar-refractivity contribution in [3.05, 3.63) is 18.5 Å². The van der Waals surface area contributed by atoms with Gasteiger partial charge in [-0.1, -0.05) is 0 Å². The van der Waals surface area contributed by atoms with Crippen LogP contribution in [0.25, 0.3) is 0 Å². The molecule has 1 saturated heterocycles. The Bertz CT molecular complexity index is 369. The number of nitrogens with zero attached hydrogens (tertiary/aromatic N) is 5. The summed E-state index contributed by atoms with van der Waals surface area (Å²) in [4.78, 5) is 17.0. The van der Waals surface area contributed by atoms with Crippen LogP contribution in [-0.4, -0.2) is 53.6 Å². The molecular formula is C11H18N6. The Morgan fingerprint density at radius 1 is 1.29 bits per heavy atom. The van der Waals surface area contributed by atoms with Crippen LogP contribution in [0, 0.1) is 0 Å². The third-order valence-electron chi connectivity index (χ3n) is 2.76. The summed E-state index contributed by atoms with van der Waals surface area (Å²) in [6.07, 6.45) is 3.53. The molecule has 0 amide bonds. The number of aromatic nitrogens is 2. The van der Waals surface area contributed by atoms with E-state index >= 15 is 0 Å². The third-order valence-corrected chi connectivity index (χ3v) is 2.76. The molecule has 6 heteroatoms. The van der Waals surface area contributed by atoms with E-state index < -0.39 is 0 Å². The summed E-state index contributed by atoms with van der Waals surface area (Å²) in [5.41, 5.74) is 5.87. The molecule has 0 saturated carbocycles.